The van der Waals surface area contributed by atoms with Crippen LogP contribution < -0.4 is 20.9 Å². The molecule has 0 amide bonds. The van der Waals surface area contributed by atoms with Crippen LogP contribution in [0.4, 0.5) is 46.5 Å². The third-order valence-corrected chi connectivity index (χ3v) is 6.10. The lowest BCUT2D eigenvalue weighted by Crippen LogP contribution is -2.36. The molecule has 4 N–H and O–H groups in total. The molecule has 0 saturated carbocycles. The Morgan fingerprint density at radius 2 is 1.61 bits per heavy atom. The minimum Gasteiger partial charge on any atom is -0.493 e. The van der Waals surface area contributed by atoms with E-state index in [9.17, 15) is 39.9 Å². The van der Waals surface area contributed by atoms with Crippen molar-refractivity contribution in [2.75, 3.05) is 24.7 Å². The number of nitrogens with two attached hydrogens (primary N) is 2. The van der Waals surface area contributed by atoms with E-state index in [1.54, 1.807) is 18.2 Å². The summed E-state index contributed by atoms with van der Waals surface area (Å²) in [6.07, 6.45) is -9.54. The van der Waals surface area contributed by atoms with Crippen LogP contribution in [0.3, 0.4) is 0 Å². The maximum atomic E-state index is 14.7. The summed E-state index contributed by atoms with van der Waals surface area (Å²) in [6, 6.07) is 11.8. The molecule has 0 fully saturated rings. The van der Waals surface area contributed by atoms with Crippen molar-refractivity contribution in [3.05, 3.63) is 96.2 Å². The van der Waals surface area contributed by atoms with E-state index in [-0.39, 0.29) is 12.4 Å². The van der Waals surface area contributed by atoms with E-state index in [1.165, 1.54) is 18.2 Å². The highest BCUT2D eigenvalue weighted by Gasteiger charge is 2.56. The van der Waals surface area contributed by atoms with Gasteiger partial charge in [0.15, 0.2) is 11.6 Å². The average Bonchev–Trinajstić information content (AvgIpc) is 2.94. The first kappa shape index (κ1) is 34.0. The number of alkyl halides is 7. The average molecular weight is 632 g/mol. The Morgan fingerprint density at radius 1 is 0.932 bits per heavy atom. The van der Waals surface area contributed by atoms with Gasteiger partial charge in [-0.3, -0.25) is 0 Å². The summed E-state index contributed by atoms with van der Waals surface area (Å²) in [4.78, 5) is 12.1. The SMILES string of the molecule is [CH2]C(COC(=O)/C=C/c1ccc(C(F)(F)Oc2ccc(OCCCC(F)(F)C(F)(F)F)cc2F)cc1)c1ccc(N)cc1N. The lowest BCUT2D eigenvalue weighted by atomic mass is 10.00. The minimum absolute atomic E-state index is 0.0790. The largest absolute Gasteiger partial charge is 0.493 e. The van der Waals surface area contributed by atoms with Crippen molar-refractivity contribution in [1.82, 2.24) is 0 Å². The fourth-order valence-corrected chi connectivity index (χ4v) is 3.72. The van der Waals surface area contributed by atoms with Crippen LogP contribution in [0, 0.1) is 12.7 Å². The minimum atomic E-state index is -5.71. The highest BCUT2D eigenvalue weighted by molar-refractivity contribution is 5.87. The monoisotopic (exact) mass is 631 g/mol. The molecule has 1 unspecified atom stereocenters. The summed E-state index contributed by atoms with van der Waals surface area (Å²) in [6.45, 7) is 3.22. The molecule has 0 aromatic heterocycles. The smallest absolute Gasteiger partial charge is 0.453 e. The Labute approximate surface area is 247 Å². The molecule has 3 aromatic carbocycles. The van der Waals surface area contributed by atoms with Crippen molar-refractivity contribution in [1.29, 1.82) is 0 Å². The van der Waals surface area contributed by atoms with Crippen LogP contribution in [-0.4, -0.2) is 31.3 Å². The fourth-order valence-electron chi connectivity index (χ4n) is 3.72. The molecule has 0 saturated heterocycles. The quantitative estimate of drug-likeness (QED) is 0.0662. The molecule has 44 heavy (non-hydrogen) atoms. The normalized spacial score (nSPS) is 13.1. The molecule has 237 valence electrons. The standard InChI is InChI=1S/C30H27F8N2O4/c1-18(23-10-8-21(39)15-25(23)40)17-43-27(41)12-5-19-3-6-20(7-4-19)29(34,35)44-26-11-9-22(16-24(26)31)42-14-2-13-28(32,33)30(36,37)38/h3-12,15-16,18H,1-2,13-14,17,39-40H2/b12-5+. The van der Waals surface area contributed by atoms with Gasteiger partial charge in [-0.15, -0.1) is 0 Å². The number of anilines is 2. The summed E-state index contributed by atoms with van der Waals surface area (Å²) >= 11 is 0. The maximum Gasteiger partial charge on any atom is 0.453 e. The zero-order chi connectivity index (χ0) is 32.7. The predicted molar refractivity (Wildman–Crippen MR) is 146 cm³/mol. The summed E-state index contributed by atoms with van der Waals surface area (Å²) in [5, 5.41) is 0. The van der Waals surface area contributed by atoms with Gasteiger partial charge < -0.3 is 25.7 Å². The van der Waals surface area contributed by atoms with Crippen molar-refractivity contribution in [3.63, 3.8) is 0 Å². The van der Waals surface area contributed by atoms with Gasteiger partial charge in [0.1, 0.15) is 5.75 Å². The van der Waals surface area contributed by atoms with Crippen molar-refractivity contribution in [2.45, 2.75) is 37.0 Å². The highest BCUT2D eigenvalue weighted by Crippen LogP contribution is 2.39. The Hall–Kier alpha value is -4.49. The topological polar surface area (TPSA) is 96.8 Å². The molecule has 1 atom stereocenters. The first-order valence-electron chi connectivity index (χ1n) is 12.9. The fraction of sp³-hybridized carbons (Fsp3) is 0.267. The first-order valence-corrected chi connectivity index (χ1v) is 12.9. The van der Waals surface area contributed by atoms with Gasteiger partial charge in [0.25, 0.3) is 0 Å². The van der Waals surface area contributed by atoms with Gasteiger partial charge in [-0.1, -0.05) is 18.2 Å². The Morgan fingerprint density at radius 3 is 2.23 bits per heavy atom. The molecule has 3 rings (SSSR count). The van der Waals surface area contributed by atoms with Crippen molar-refractivity contribution >= 4 is 23.4 Å². The third kappa shape index (κ3) is 9.25. The van der Waals surface area contributed by atoms with Crippen LogP contribution >= 0.6 is 0 Å². The zero-order valence-corrected chi connectivity index (χ0v) is 22.9. The maximum absolute atomic E-state index is 14.7. The third-order valence-electron chi connectivity index (χ3n) is 6.10. The van der Waals surface area contributed by atoms with Crippen molar-refractivity contribution in [3.8, 4) is 11.5 Å². The van der Waals surface area contributed by atoms with Crippen LogP contribution in [0.25, 0.3) is 6.08 Å². The molecule has 1 radical (unpaired) electrons. The van der Waals surface area contributed by atoms with E-state index < -0.39 is 66.7 Å². The number of esters is 1. The second kappa shape index (κ2) is 13.9. The molecule has 0 aliphatic heterocycles. The van der Waals surface area contributed by atoms with Gasteiger partial charge in [0.05, 0.1) is 18.8 Å². The molecule has 0 heterocycles. The molecule has 0 spiro atoms. The molecular formula is C30H27F8N2O4. The van der Waals surface area contributed by atoms with Crippen LogP contribution in [0.15, 0.2) is 66.7 Å². The van der Waals surface area contributed by atoms with E-state index >= 15 is 0 Å². The molecule has 0 aliphatic rings. The highest BCUT2D eigenvalue weighted by atomic mass is 19.4. The second-order valence-electron chi connectivity index (χ2n) is 9.54. The van der Waals surface area contributed by atoms with Gasteiger partial charge in [-0.2, -0.15) is 30.7 Å². The Balaban J connectivity index is 1.52. The second-order valence-corrected chi connectivity index (χ2v) is 9.54. The number of nitrogen functional groups attached to an aromatic ring is 2. The first-order chi connectivity index (χ1) is 20.5. The summed E-state index contributed by atoms with van der Waals surface area (Å²) < 4.78 is 121. The Bertz CT molecular complexity index is 1460. The molecule has 14 heteroatoms. The zero-order valence-electron chi connectivity index (χ0n) is 22.9. The number of ether oxygens (including phenoxy) is 3. The van der Waals surface area contributed by atoms with Crippen molar-refractivity contribution < 1.29 is 54.1 Å². The number of hydrogen-bond donors (Lipinski definition) is 2. The van der Waals surface area contributed by atoms with Gasteiger partial charge in [0, 0.05) is 35.9 Å². The number of benzene rings is 3. The van der Waals surface area contributed by atoms with E-state index in [4.69, 9.17) is 20.9 Å². The molecule has 6 nitrogen and oxygen atoms in total. The summed E-state index contributed by atoms with van der Waals surface area (Å²) in [7, 11) is 0. The molecule has 0 aliphatic carbocycles. The van der Waals surface area contributed by atoms with E-state index in [1.807, 2.05) is 0 Å². The van der Waals surface area contributed by atoms with Crippen LogP contribution in [0.2, 0.25) is 0 Å². The number of halogens is 8. The van der Waals surface area contributed by atoms with E-state index in [0.29, 0.717) is 28.6 Å². The number of hydrogen-bond acceptors (Lipinski definition) is 6. The van der Waals surface area contributed by atoms with Crippen LogP contribution in [0.1, 0.15) is 35.4 Å². The van der Waals surface area contributed by atoms with Crippen LogP contribution in [-0.2, 0) is 15.6 Å². The summed E-state index contributed by atoms with van der Waals surface area (Å²) in [5.41, 5.74) is 12.8. The Kier molecular flexibility index (Phi) is 10.7. The lowest BCUT2D eigenvalue weighted by Gasteiger charge is -2.20. The summed E-state index contributed by atoms with van der Waals surface area (Å²) in [5.74, 6) is -8.53. The molecular weight excluding hydrogens is 604 g/mol. The lowest BCUT2D eigenvalue weighted by molar-refractivity contribution is -0.284. The van der Waals surface area contributed by atoms with Crippen LogP contribution in [0.5, 0.6) is 11.5 Å². The number of carbonyl (C=O) groups excluding carboxylic acids is 1. The number of carbonyl (C=O) groups is 1. The van der Waals surface area contributed by atoms with E-state index in [0.717, 1.165) is 30.3 Å². The molecule has 3 aromatic rings. The molecule has 0 bridgehead atoms. The van der Waals surface area contributed by atoms with Gasteiger partial charge in [-0.05, 0) is 66.9 Å². The van der Waals surface area contributed by atoms with Crippen molar-refractivity contribution in [2.24, 2.45) is 0 Å². The van der Waals surface area contributed by atoms with Gasteiger partial charge in [-0.25, -0.2) is 9.18 Å². The number of rotatable bonds is 13. The van der Waals surface area contributed by atoms with Gasteiger partial charge >= 0.3 is 24.2 Å². The van der Waals surface area contributed by atoms with Gasteiger partial charge in [0.2, 0.25) is 0 Å². The van der Waals surface area contributed by atoms with E-state index in [2.05, 4.69) is 11.7 Å². The predicted octanol–water partition coefficient (Wildman–Crippen LogP) is 7.65.